The lowest BCUT2D eigenvalue weighted by atomic mass is 9.85. The van der Waals surface area contributed by atoms with Gasteiger partial charge in [0.15, 0.2) is 5.82 Å². The van der Waals surface area contributed by atoms with Crippen LogP contribution in [0.3, 0.4) is 0 Å². The van der Waals surface area contributed by atoms with Crippen LogP contribution in [0.1, 0.15) is 32.0 Å². The Labute approximate surface area is 232 Å². The number of ether oxygens (including phenoxy) is 1. The number of likely N-dealkylation sites (tertiary alicyclic amines) is 1. The molecule has 3 N–H and O–H groups in total. The smallest absolute Gasteiger partial charge is 0.416 e. The van der Waals surface area contributed by atoms with E-state index in [9.17, 15) is 27.6 Å². The van der Waals surface area contributed by atoms with E-state index in [0.29, 0.717) is 10.4 Å². The summed E-state index contributed by atoms with van der Waals surface area (Å²) in [6.07, 6.45) is -2.39. The van der Waals surface area contributed by atoms with E-state index >= 15 is 0 Å². The second-order valence-electron chi connectivity index (χ2n) is 8.94. The highest BCUT2D eigenvalue weighted by Crippen LogP contribution is 2.35. The number of rotatable bonds is 8. The molecule has 1 fully saturated rings. The number of hydrogen-bond donors (Lipinski definition) is 3. The van der Waals surface area contributed by atoms with Gasteiger partial charge in [0.1, 0.15) is 16.7 Å². The molecule has 0 aliphatic carbocycles. The molecule has 4 rings (SSSR count). The van der Waals surface area contributed by atoms with Crippen molar-refractivity contribution in [3.8, 4) is 5.75 Å². The lowest BCUT2D eigenvalue weighted by Crippen LogP contribution is -2.51. The van der Waals surface area contributed by atoms with Crippen molar-refractivity contribution in [3.05, 3.63) is 84.1 Å². The van der Waals surface area contributed by atoms with Crippen molar-refractivity contribution in [3.63, 3.8) is 0 Å². The number of hydrogen-bond acceptors (Lipinski definition) is 6. The number of aromatic nitrogens is 2. The summed E-state index contributed by atoms with van der Waals surface area (Å²) >= 11 is 0. The summed E-state index contributed by atoms with van der Waals surface area (Å²) in [6, 6.07) is 10.8. The minimum Gasteiger partial charge on any atom is -0.497 e. The average Bonchev–Trinajstić information content (AvgIpc) is 3.53. The van der Waals surface area contributed by atoms with Crippen LogP contribution >= 0.6 is 0 Å². The molecule has 1 atom stereocenters. The fourth-order valence-corrected chi connectivity index (χ4v) is 4.20. The summed E-state index contributed by atoms with van der Waals surface area (Å²) in [5.41, 5.74) is 2.32. The third kappa shape index (κ3) is 5.77. The zero-order chi connectivity index (χ0) is 31.6. The molecular formula is C27H27F3N6O4. The van der Waals surface area contributed by atoms with Crippen LogP contribution in [0.25, 0.3) is 0 Å². The maximum Gasteiger partial charge on any atom is 0.416 e. The third-order valence-electron chi connectivity index (χ3n) is 6.45. The molecule has 0 bridgehead atoms. The van der Waals surface area contributed by atoms with E-state index in [4.69, 9.17) is 8.85 Å². The summed E-state index contributed by atoms with van der Waals surface area (Å²) in [6.45, 7) is 1.33. The third-order valence-corrected chi connectivity index (χ3v) is 6.45. The number of alkyl halides is 3. The van der Waals surface area contributed by atoms with Crippen LogP contribution in [0.4, 0.5) is 24.7 Å². The van der Waals surface area contributed by atoms with Gasteiger partial charge >= 0.3 is 6.18 Å². The number of amides is 3. The van der Waals surface area contributed by atoms with Gasteiger partial charge in [0.05, 0.1) is 12.7 Å². The van der Waals surface area contributed by atoms with E-state index in [1.54, 1.807) is 24.3 Å². The molecule has 2 heterocycles. The van der Waals surface area contributed by atoms with Crippen molar-refractivity contribution in [2.45, 2.75) is 19.1 Å². The van der Waals surface area contributed by atoms with Gasteiger partial charge in [-0.25, -0.2) is 0 Å². The number of anilines is 2. The second-order valence-corrected chi connectivity index (χ2v) is 8.94. The number of halogens is 3. The number of carbonyl (C=O) groups is 3. The summed E-state index contributed by atoms with van der Waals surface area (Å²) < 4.78 is 67.2. The van der Waals surface area contributed by atoms with Crippen molar-refractivity contribution in [2.24, 2.45) is 12.4 Å². The predicted octanol–water partition coefficient (Wildman–Crippen LogP) is 3.56. The maximum atomic E-state index is 13.3. The molecule has 0 saturated carbocycles. The molecule has 0 spiro atoms. The topological polar surface area (TPSA) is 118 Å². The molecule has 40 heavy (non-hydrogen) atoms. The maximum absolute atomic E-state index is 13.3. The first-order chi connectivity index (χ1) is 20.2. The van der Waals surface area contributed by atoms with E-state index < -0.39 is 41.9 Å². The lowest BCUT2D eigenvalue weighted by Gasteiger charge is -2.23. The van der Waals surface area contributed by atoms with Crippen LogP contribution in [0.5, 0.6) is 5.75 Å². The van der Waals surface area contributed by atoms with Crippen molar-refractivity contribution in [1.82, 2.24) is 25.5 Å². The number of methoxy groups -OCH3 is 1. The Morgan fingerprint density at radius 3 is 2.48 bits per heavy atom. The van der Waals surface area contributed by atoms with Gasteiger partial charge in [-0.2, -0.15) is 18.3 Å². The largest absolute Gasteiger partial charge is 0.497 e. The quantitative estimate of drug-likeness (QED) is 0.221. The second kappa shape index (κ2) is 11.1. The molecule has 10 nitrogen and oxygen atoms in total. The first-order valence-electron chi connectivity index (χ1n) is 13.4. The number of nitrogens with one attached hydrogen (secondary N) is 3. The van der Waals surface area contributed by atoms with Gasteiger partial charge in [-0.1, -0.05) is 18.2 Å². The first-order valence-corrected chi connectivity index (χ1v) is 11.9. The highest BCUT2D eigenvalue weighted by Gasteiger charge is 2.50. The van der Waals surface area contributed by atoms with Crippen LogP contribution in [0, 0.1) is 5.41 Å². The van der Waals surface area contributed by atoms with E-state index in [1.807, 2.05) is 0 Å². The Bertz CT molecular complexity index is 1520. The first kappa shape index (κ1) is 24.2. The van der Waals surface area contributed by atoms with E-state index in [2.05, 4.69) is 27.8 Å². The molecule has 0 unspecified atom stereocenters. The molecule has 1 saturated heterocycles. The monoisotopic (exact) mass is 559 g/mol. The zero-order valence-corrected chi connectivity index (χ0v) is 21.2. The molecule has 210 valence electrons. The normalized spacial score (nSPS) is 18.4. The van der Waals surface area contributed by atoms with Crippen LogP contribution in [0.15, 0.2) is 67.4 Å². The number of aryl methyl sites for hydroxylation is 1. The molecular weight excluding hydrogens is 529 g/mol. The fraction of sp³-hybridized carbons (Fsp3) is 0.259. The van der Waals surface area contributed by atoms with E-state index in [0.717, 1.165) is 36.0 Å². The molecule has 2 aromatic carbocycles. The number of benzene rings is 2. The molecule has 3 amide bonds. The van der Waals surface area contributed by atoms with Gasteiger partial charge in [-0.15, -0.1) is 6.58 Å². The molecule has 0 radical (unpaired) electrons. The van der Waals surface area contributed by atoms with Crippen molar-refractivity contribution in [1.29, 1.82) is 0 Å². The van der Waals surface area contributed by atoms with Gasteiger partial charge in [-0.3, -0.25) is 29.9 Å². The Morgan fingerprint density at radius 1 is 1.18 bits per heavy atom. The van der Waals surface area contributed by atoms with Gasteiger partial charge in [0.2, 0.25) is 5.91 Å². The van der Waals surface area contributed by atoms with Gasteiger partial charge < -0.3 is 15.0 Å². The molecule has 1 aliphatic rings. The average molecular weight is 560 g/mol. The summed E-state index contributed by atoms with van der Waals surface area (Å²) in [4.78, 5) is 41.0. The number of nitrogens with zero attached hydrogens (tertiary/aromatic N) is 3. The van der Waals surface area contributed by atoms with Crippen LogP contribution in [-0.4, -0.2) is 46.1 Å². The fourth-order valence-electron chi connectivity index (χ4n) is 4.20. The number of hydrazine groups is 1. The molecule has 1 aliphatic heterocycles. The van der Waals surface area contributed by atoms with Gasteiger partial charge in [0, 0.05) is 36.1 Å². The Hall–Kier alpha value is -4.81. The number of carbonyl (C=O) groups excluding carboxylic acids is 3. The van der Waals surface area contributed by atoms with Crippen LogP contribution in [0.2, 0.25) is 0 Å². The Balaban J connectivity index is 1.48. The summed E-state index contributed by atoms with van der Waals surface area (Å²) in [5.74, 6) is -2.04. The predicted molar refractivity (Wildman–Crippen MR) is 139 cm³/mol. The highest BCUT2D eigenvalue weighted by molar-refractivity contribution is 6.09. The van der Waals surface area contributed by atoms with Crippen LogP contribution < -0.4 is 20.9 Å². The molecule has 13 heteroatoms. The van der Waals surface area contributed by atoms with Crippen molar-refractivity contribution in [2.75, 3.05) is 19.0 Å². The highest BCUT2D eigenvalue weighted by atomic mass is 19.4. The zero-order valence-electron chi connectivity index (χ0n) is 24.2. The van der Waals surface area contributed by atoms with Gasteiger partial charge in [-0.05, 0) is 48.4 Å². The minimum absolute atomic E-state index is 0.0843. The minimum atomic E-state index is -4.57. The SMILES string of the molecule is [2H]C([2H])([2H])n1cc(C(=O)NNC(=O)[C@]2(C=C)CCN(Cc3ccc(OC)cc3)C2=O)c(Nc2ccc(C(F)(F)F)cc2)n1. The Morgan fingerprint density at radius 2 is 1.88 bits per heavy atom. The van der Waals surface area contributed by atoms with E-state index in [1.165, 1.54) is 18.1 Å². The summed E-state index contributed by atoms with van der Waals surface area (Å²) in [5, 5.41) is 6.46. The Kier molecular flexibility index (Phi) is 6.74. The molecule has 1 aromatic heterocycles. The summed E-state index contributed by atoms with van der Waals surface area (Å²) in [7, 11) is 1.53. The van der Waals surface area contributed by atoms with Crippen LogP contribution in [-0.2, 0) is 29.3 Å². The lowest BCUT2D eigenvalue weighted by molar-refractivity contribution is -0.143. The van der Waals surface area contributed by atoms with Gasteiger partial charge in [0.25, 0.3) is 11.8 Å². The standard InChI is InChI=1S/C27H27F3N6O4/c1-4-26(13-14-36(25(26)39)15-17-5-11-20(40-3)12-6-17)24(38)33-32-23(37)21-16-35(2)34-22(21)31-19-9-7-18(8-10-19)27(28,29)30/h4-12,16H,1,13-15H2,2-3H3,(H,31,34)(H,32,37)(H,33,38)/t26-/m0/s1/i2D3. The van der Waals surface area contributed by atoms with Crippen molar-refractivity contribution < 1.29 is 36.4 Å². The van der Waals surface area contributed by atoms with E-state index in [-0.39, 0.29) is 36.6 Å². The molecule has 3 aromatic rings. The van der Waals surface area contributed by atoms with Crippen molar-refractivity contribution >= 4 is 29.2 Å².